The second-order valence-electron chi connectivity index (χ2n) is 7.22. The van der Waals surface area contributed by atoms with Gasteiger partial charge in [-0.05, 0) is 13.3 Å². The lowest BCUT2D eigenvalue weighted by molar-refractivity contribution is -0.193. The van der Waals surface area contributed by atoms with Crippen LogP contribution in [0.3, 0.4) is 0 Å². The number of rotatable bonds is 2. The average Bonchev–Trinajstić information content (AvgIpc) is 2.94. The summed E-state index contributed by atoms with van der Waals surface area (Å²) in [6, 6.07) is -0.0158. The minimum atomic E-state index is -0.875. The molecule has 3 N–H and O–H groups in total. The number of hydrogen-bond donors (Lipinski definition) is 2. The van der Waals surface area contributed by atoms with Gasteiger partial charge in [0.25, 0.3) is 0 Å². The van der Waals surface area contributed by atoms with Crippen LogP contribution in [0.5, 0.6) is 0 Å². The number of aliphatic hydroxyl groups excluding tert-OH is 1. The van der Waals surface area contributed by atoms with E-state index in [1.54, 1.807) is 4.90 Å². The first-order valence-electron chi connectivity index (χ1n) is 7.78. The van der Waals surface area contributed by atoms with E-state index in [0.717, 1.165) is 6.42 Å². The summed E-state index contributed by atoms with van der Waals surface area (Å²) in [6.45, 7) is 7.46. The van der Waals surface area contributed by atoms with E-state index in [9.17, 15) is 9.90 Å². The van der Waals surface area contributed by atoms with Gasteiger partial charge in [0.1, 0.15) is 5.54 Å². The largest absolute Gasteiger partial charge is 0.394 e. The highest BCUT2D eigenvalue weighted by molar-refractivity contribution is 5.90. The molecule has 0 aromatic carbocycles. The van der Waals surface area contributed by atoms with Crippen LogP contribution in [0.2, 0.25) is 0 Å². The van der Waals surface area contributed by atoms with Crippen molar-refractivity contribution < 1.29 is 19.4 Å². The summed E-state index contributed by atoms with van der Waals surface area (Å²) >= 11 is 0. The van der Waals surface area contributed by atoms with Crippen LogP contribution in [0, 0.1) is 11.3 Å². The minimum absolute atomic E-state index is 0.0158. The molecular formula is C15H26N2O4. The third-order valence-corrected chi connectivity index (χ3v) is 5.78. The van der Waals surface area contributed by atoms with Crippen molar-refractivity contribution in [1.82, 2.24) is 4.90 Å². The van der Waals surface area contributed by atoms with Gasteiger partial charge in [-0.2, -0.15) is 0 Å². The van der Waals surface area contributed by atoms with Gasteiger partial charge in [-0.1, -0.05) is 13.8 Å². The molecule has 0 bridgehead atoms. The molecule has 0 aromatic heterocycles. The van der Waals surface area contributed by atoms with Crippen LogP contribution < -0.4 is 5.73 Å². The molecule has 3 rings (SSSR count). The van der Waals surface area contributed by atoms with Crippen molar-refractivity contribution >= 4 is 5.91 Å². The average molecular weight is 298 g/mol. The molecule has 2 heterocycles. The van der Waals surface area contributed by atoms with E-state index >= 15 is 0 Å². The SMILES string of the molecule is CC1COC(CO)CN1C(=O)C1(N)C2CCOC2C1(C)C. The lowest BCUT2D eigenvalue weighted by Gasteiger charge is -2.62. The van der Waals surface area contributed by atoms with Gasteiger partial charge in [0.2, 0.25) is 5.91 Å². The summed E-state index contributed by atoms with van der Waals surface area (Å²) in [5.74, 6) is 0.0797. The van der Waals surface area contributed by atoms with E-state index in [4.69, 9.17) is 15.2 Å². The van der Waals surface area contributed by atoms with Gasteiger partial charge >= 0.3 is 0 Å². The Labute approximate surface area is 125 Å². The quantitative estimate of drug-likeness (QED) is 0.733. The number of ether oxygens (including phenoxy) is 2. The molecule has 5 atom stereocenters. The molecule has 0 spiro atoms. The van der Waals surface area contributed by atoms with Gasteiger partial charge in [-0.15, -0.1) is 0 Å². The number of morpholine rings is 1. The maximum atomic E-state index is 13.1. The Morgan fingerprint density at radius 1 is 1.43 bits per heavy atom. The molecule has 2 saturated heterocycles. The molecule has 1 amide bonds. The summed E-state index contributed by atoms with van der Waals surface area (Å²) in [4.78, 5) is 14.9. The van der Waals surface area contributed by atoms with Crippen LogP contribution in [-0.4, -0.2) is 66.1 Å². The van der Waals surface area contributed by atoms with Crippen molar-refractivity contribution in [2.24, 2.45) is 17.1 Å². The first-order valence-corrected chi connectivity index (χ1v) is 7.78. The second kappa shape index (κ2) is 4.91. The van der Waals surface area contributed by atoms with E-state index in [0.29, 0.717) is 19.8 Å². The molecule has 0 aromatic rings. The van der Waals surface area contributed by atoms with E-state index in [1.807, 2.05) is 20.8 Å². The Morgan fingerprint density at radius 3 is 2.81 bits per heavy atom. The topological polar surface area (TPSA) is 85.0 Å². The molecule has 120 valence electrons. The molecule has 1 saturated carbocycles. The predicted octanol–water partition coefficient (Wildman–Crippen LogP) is -0.263. The fourth-order valence-electron chi connectivity index (χ4n) is 4.27. The van der Waals surface area contributed by atoms with E-state index in [-0.39, 0.29) is 42.1 Å². The van der Waals surface area contributed by atoms with Gasteiger partial charge in [0, 0.05) is 24.5 Å². The summed E-state index contributed by atoms with van der Waals surface area (Å²) in [5.41, 5.74) is 5.38. The smallest absolute Gasteiger partial charge is 0.244 e. The molecule has 3 aliphatic rings. The number of fused-ring (bicyclic) bond motifs is 1. The maximum Gasteiger partial charge on any atom is 0.244 e. The summed E-state index contributed by atoms with van der Waals surface area (Å²) in [5, 5.41) is 9.29. The van der Waals surface area contributed by atoms with Crippen molar-refractivity contribution in [1.29, 1.82) is 0 Å². The number of carbonyl (C=O) groups is 1. The number of nitrogens with zero attached hydrogens (tertiary/aromatic N) is 1. The Balaban J connectivity index is 1.83. The van der Waals surface area contributed by atoms with Crippen LogP contribution >= 0.6 is 0 Å². The normalized spacial score (nSPS) is 45.1. The number of nitrogens with two attached hydrogens (primary N) is 1. The van der Waals surface area contributed by atoms with Gasteiger partial charge in [0.05, 0.1) is 31.5 Å². The standard InChI is InChI=1S/C15H26N2O4/c1-9-8-21-10(7-18)6-17(9)13(19)15(16)11-4-5-20-12(11)14(15,2)3/h9-12,18H,4-8,16H2,1-3H3. The first-order chi connectivity index (χ1) is 9.84. The van der Waals surface area contributed by atoms with E-state index in [1.165, 1.54) is 0 Å². The summed E-state index contributed by atoms with van der Waals surface area (Å²) in [7, 11) is 0. The van der Waals surface area contributed by atoms with E-state index < -0.39 is 5.54 Å². The maximum absolute atomic E-state index is 13.1. The number of hydrogen-bond acceptors (Lipinski definition) is 5. The molecule has 6 nitrogen and oxygen atoms in total. The second-order valence-corrected chi connectivity index (χ2v) is 7.22. The van der Waals surface area contributed by atoms with Gasteiger partial charge < -0.3 is 25.2 Å². The highest BCUT2D eigenvalue weighted by Crippen LogP contribution is 2.58. The third kappa shape index (κ3) is 1.89. The van der Waals surface area contributed by atoms with Gasteiger partial charge in [-0.3, -0.25) is 4.79 Å². The zero-order valence-electron chi connectivity index (χ0n) is 13.0. The van der Waals surface area contributed by atoms with E-state index in [2.05, 4.69) is 0 Å². The predicted molar refractivity (Wildman–Crippen MR) is 76.5 cm³/mol. The molecule has 6 heteroatoms. The highest BCUT2D eigenvalue weighted by Gasteiger charge is 2.72. The fourth-order valence-corrected chi connectivity index (χ4v) is 4.27. The molecule has 1 aliphatic carbocycles. The number of carbonyl (C=O) groups excluding carboxylic acids is 1. The Kier molecular flexibility index (Phi) is 3.56. The summed E-state index contributed by atoms with van der Waals surface area (Å²) in [6.07, 6.45) is 0.613. The minimum Gasteiger partial charge on any atom is -0.394 e. The van der Waals surface area contributed by atoms with Crippen LogP contribution in [0.15, 0.2) is 0 Å². The number of amides is 1. The molecule has 3 fully saturated rings. The van der Waals surface area contributed by atoms with Crippen molar-refractivity contribution in [2.45, 2.75) is 51.0 Å². The lowest BCUT2D eigenvalue weighted by atomic mass is 9.47. The Morgan fingerprint density at radius 2 is 2.14 bits per heavy atom. The van der Waals surface area contributed by atoms with Crippen LogP contribution in [0.4, 0.5) is 0 Å². The molecule has 21 heavy (non-hydrogen) atoms. The van der Waals surface area contributed by atoms with Gasteiger partial charge in [-0.25, -0.2) is 0 Å². The van der Waals surface area contributed by atoms with Gasteiger partial charge in [0.15, 0.2) is 0 Å². The number of aliphatic hydroxyl groups is 1. The molecule has 0 radical (unpaired) electrons. The Hall–Kier alpha value is -0.690. The van der Waals surface area contributed by atoms with Crippen LogP contribution in [-0.2, 0) is 14.3 Å². The third-order valence-electron chi connectivity index (χ3n) is 5.78. The van der Waals surface area contributed by atoms with Crippen molar-refractivity contribution in [2.75, 3.05) is 26.4 Å². The van der Waals surface area contributed by atoms with Crippen molar-refractivity contribution in [3.8, 4) is 0 Å². The molecule has 5 unspecified atom stereocenters. The molecule has 2 aliphatic heterocycles. The van der Waals surface area contributed by atoms with Crippen molar-refractivity contribution in [3.63, 3.8) is 0 Å². The zero-order chi connectivity index (χ0) is 15.4. The Bertz CT molecular complexity index is 441. The lowest BCUT2D eigenvalue weighted by Crippen LogP contribution is -2.81. The fraction of sp³-hybridized carbons (Fsp3) is 0.933. The monoisotopic (exact) mass is 298 g/mol. The summed E-state index contributed by atoms with van der Waals surface area (Å²) < 4.78 is 11.3. The zero-order valence-corrected chi connectivity index (χ0v) is 13.0. The first kappa shape index (κ1) is 15.2. The van der Waals surface area contributed by atoms with Crippen LogP contribution in [0.25, 0.3) is 0 Å². The highest BCUT2D eigenvalue weighted by atomic mass is 16.5. The van der Waals surface area contributed by atoms with Crippen molar-refractivity contribution in [3.05, 3.63) is 0 Å². The van der Waals surface area contributed by atoms with Crippen LogP contribution in [0.1, 0.15) is 27.2 Å². The molecular weight excluding hydrogens is 272 g/mol.